The van der Waals surface area contributed by atoms with Crippen LogP contribution >= 0.6 is 0 Å². The first-order valence-electron chi connectivity index (χ1n) is 11.8. The molecule has 0 aliphatic heterocycles. The highest BCUT2D eigenvalue weighted by Gasteiger charge is 2.42. The molecule has 0 heteroatoms. The molecule has 3 atom stereocenters. The van der Waals surface area contributed by atoms with Crippen LogP contribution in [0.2, 0.25) is 0 Å². The van der Waals surface area contributed by atoms with E-state index in [0.717, 1.165) is 6.42 Å². The highest BCUT2D eigenvalue weighted by Crippen LogP contribution is 2.58. The summed E-state index contributed by atoms with van der Waals surface area (Å²) in [7, 11) is 0. The largest absolute Gasteiger partial charge is 0.0619 e. The third-order valence-electron chi connectivity index (χ3n) is 8.03. The molecule has 7 rings (SSSR count). The lowest BCUT2D eigenvalue weighted by atomic mass is 9.73. The van der Waals surface area contributed by atoms with Gasteiger partial charge in [-0.15, -0.1) is 0 Å². The Labute approximate surface area is 184 Å². The maximum atomic E-state index is 2.50. The molecular weight excluding hydrogens is 372 g/mol. The summed E-state index contributed by atoms with van der Waals surface area (Å²) in [6.07, 6.45) is 4.98. The van der Waals surface area contributed by atoms with Gasteiger partial charge in [-0.2, -0.15) is 0 Å². The molecule has 1 fully saturated rings. The number of fused-ring (bicyclic) bond motifs is 11. The highest BCUT2D eigenvalue weighted by molar-refractivity contribution is 5.87. The van der Waals surface area contributed by atoms with Crippen molar-refractivity contribution in [2.45, 2.75) is 37.5 Å². The van der Waals surface area contributed by atoms with E-state index in [4.69, 9.17) is 0 Å². The Balaban J connectivity index is 1.56. The van der Waals surface area contributed by atoms with Gasteiger partial charge in [0.1, 0.15) is 0 Å². The zero-order chi connectivity index (χ0) is 20.4. The summed E-state index contributed by atoms with van der Waals surface area (Å²) in [5, 5.41) is 0. The summed E-state index contributed by atoms with van der Waals surface area (Å²) < 4.78 is 0. The van der Waals surface area contributed by atoms with Crippen LogP contribution in [0.1, 0.15) is 58.9 Å². The van der Waals surface area contributed by atoms with E-state index < -0.39 is 0 Å². The summed E-state index contributed by atoms with van der Waals surface area (Å²) in [4.78, 5) is 0. The van der Waals surface area contributed by atoms with Crippen LogP contribution in [-0.4, -0.2) is 0 Å². The van der Waals surface area contributed by atoms with E-state index in [-0.39, 0.29) is 0 Å². The van der Waals surface area contributed by atoms with Gasteiger partial charge in [0.2, 0.25) is 0 Å². The molecule has 0 aromatic heterocycles. The van der Waals surface area contributed by atoms with Crippen LogP contribution in [0, 0.1) is 5.92 Å². The third kappa shape index (κ3) is 2.61. The Bertz CT molecular complexity index is 1310. The first-order valence-corrected chi connectivity index (χ1v) is 11.8. The quantitative estimate of drug-likeness (QED) is 0.282. The first kappa shape index (κ1) is 17.5. The van der Waals surface area contributed by atoms with Gasteiger partial charge in [-0.05, 0) is 81.2 Å². The molecule has 31 heavy (non-hydrogen) atoms. The fourth-order valence-corrected chi connectivity index (χ4v) is 6.82. The van der Waals surface area contributed by atoms with E-state index in [1.54, 1.807) is 16.7 Å². The Hall–Kier alpha value is -3.12. The summed E-state index contributed by atoms with van der Waals surface area (Å²) in [6.45, 7) is 0. The fraction of sp³-hybridized carbons (Fsp3) is 0.226. The van der Waals surface area contributed by atoms with Crippen LogP contribution in [0.5, 0.6) is 0 Å². The van der Waals surface area contributed by atoms with Crippen molar-refractivity contribution in [1.29, 1.82) is 0 Å². The lowest BCUT2D eigenvalue weighted by Crippen LogP contribution is -2.17. The molecule has 150 valence electrons. The Morgan fingerprint density at radius 3 is 2.35 bits per heavy atom. The Morgan fingerprint density at radius 1 is 0.613 bits per heavy atom. The Kier molecular flexibility index (Phi) is 3.79. The first-order chi connectivity index (χ1) is 15.4. The molecule has 4 aromatic carbocycles. The third-order valence-corrected chi connectivity index (χ3v) is 8.03. The normalized spacial score (nSPS) is 22.6. The molecule has 1 saturated carbocycles. The van der Waals surface area contributed by atoms with Gasteiger partial charge in [-0.25, -0.2) is 0 Å². The zero-order valence-electron chi connectivity index (χ0n) is 17.7. The summed E-state index contributed by atoms with van der Waals surface area (Å²) in [5.41, 5.74) is 13.3. The standard InChI is InChI=1S/C31H26/c1-2-12-28-26(11-1)29-16-6-14-25-23-10-4-8-21(19-23)17-20-7-3-9-22(18-20)24-13-5-15-27(24)31(28)30(25)29/h1-4,6-12,14,16,18-19,24,27,31H,5,13,15,17H2. The lowest BCUT2D eigenvalue weighted by Gasteiger charge is -2.30. The number of hydrogen-bond acceptors (Lipinski definition) is 0. The van der Waals surface area contributed by atoms with E-state index in [1.807, 2.05) is 0 Å². The summed E-state index contributed by atoms with van der Waals surface area (Å²) in [6, 6.07) is 35.0. The molecule has 0 saturated heterocycles. The number of benzene rings is 4. The SMILES string of the molecule is c1cc2cc(c1)-c1cccc3c1C(c1ccccc1-3)C1CCCC1c1cccc(c1)C2. The van der Waals surface area contributed by atoms with Crippen LogP contribution in [0.4, 0.5) is 0 Å². The molecule has 3 aliphatic carbocycles. The van der Waals surface area contributed by atoms with Crippen molar-refractivity contribution in [1.82, 2.24) is 0 Å². The van der Waals surface area contributed by atoms with E-state index in [2.05, 4.69) is 91.0 Å². The minimum absolute atomic E-state index is 0.488. The molecule has 4 bridgehead atoms. The highest BCUT2D eigenvalue weighted by atomic mass is 14.5. The van der Waals surface area contributed by atoms with Crippen molar-refractivity contribution in [2.75, 3.05) is 0 Å². The van der Waals surface area contributed by atoms with Crippen molar-refractivity contribution in [2.24, 2.45) is 5.92 Å². The maximum absolute atomic E-state index is 2.50. The van der Waals surface area contributed by atoms with E-state index in [9.17, 15) is 0 Å². The molecule has 0 N–H and O–H groups in total. The van der Waals surface area contributed by atoms with Crippen molar-refractivity contribution in [3.05, 3.63) is 119 Å². The van der Waals surface area contributed by atoms with Crippen molar-refractivity contribution >= 4 is 0 Å². The monoisotopic (exact) mass is 398 g/mol. The van der Waals surface area contributed by atoms with Crippen molar-refractivity contribution in [3.8, 4) is 22.3 Å². The summed E-state index contributed by atoms with van der Waals surface area (Å²) >= 11 is 0. The molecule has 4 aromatic rings. The van der Waals surface area contributed by atoms with Crippen molar-refractivity contribution < 1.29 is 0 Å². The van der Waals surface area contributed by atoms with Crippen LogP contribution in [-0.2, 0) is 6.42 Å². The average molecular weight is 399 g/mol. The van der Waals surface area contributed by atoms with Crippen LogP contribution in [0.3, 0.4) is 0 Å². The second kappa shape index (κ2) is 6.69. The Morgan fingerprint density at radius 2 is 1.39 bits per heavy atom. The number of hydrogen-bond donors (Lipinski definition) is 0. The molecule has 3 unspecified atom stereocenters. The molecule has 0 heterocycles. The molecule has 3 aliphatic rings. The van der Waals surface area contributed by atoms with Gasteiger partial charge >= 0.3 is 0 Å². The predicted molar refractivity (Wildman–Crippen MR) is 128 cm³/mol. The minimum atomic E-state index is 0.488. The van der Waals surface area contributed by atoms with Gasteiger partial charge in [0.25, 0.3) is 0 Å². The second-order valence-electron chi connectivity index (χ2n) is 9.66. The molecule has 0 spiro atoms. The average Bonchev–Trinajstić information content (AvgIpc) is 3.41. The fourth-order valence-electron chi connectivity index (χ4n) is 6.82. The van der Waals surface area contributed by atoms with Crippen LogP contribution in [0.15, 0.2) is 91.0 Å². The van der Waals surface area contributed by atoms with E-state index in [0.29, 0.717) is 17.8 Å². The van der Waals surface area contributed by atoms with Gasteiger partial charge in [0.15, 0.2) is 0 Å². The minimum Gasteiger partial charge on any atom is -0.0619 e. The van der Waals surface area contributed by atoms with E-state index >= 15 is 0 Å². The smallest absolute Gasteiger partial charge is 0.0142 e. The summed E-state index contributed by atoms with van der Waals surface area (Å²) in [5.74, 6) is 1.80. The predicted octanol–water partition coefficient (Wildman–Crippen LogP) is 7.95. The topological polar surface area (TPSA) is 0 Å². The van der Waals surface area contributed by atoms with Gasteiger partial charge in [0.05, 0.1) is 0 Å². The van der Waals surface area contributed by atoms with Crippen LogP contribution < -0.4 is 0 Å². The van der Waals surface area contributed by atoms with E-state index in [1.165, 1.54) is 52.6 Å². The zero-order valence-corrected chi connectivity index (χ0v) is 17.7. The maximum Gasteiger partial charge on any atom is 0.0142 e. The second-order valence-corrected chi connectivity index (χ2v) is 9.66. The van der Waals surface area contributed by atoms with Gasteiger partial charge in [0, 0.05) is 5.92 Å². The molecule has 0 amide bonds. The molecular formula is C31H26. The van der Waals surface area contributed by atoms with Gasteiger partial charge in [-0.3, -0.25) is 0 Å². The van der Waals surface area contributed by atoms with Gasteiger partial charge in [-0.1, -0.05) is 97.4 Å². The van der Waals surface area contributed by atoms with Gasteiger partial charge < -0.3 is 0 Å². The van der Waals surface area contributed by atoms with Crippen molar-refractivity contribution in [3.63, 3.8) is 0 Å². The number of rotatable bonds is 0. The molecule has 0 radical (unpaired) electrons. The van der Waals surface area contributed by atoms with Crippen LogP contribution in [0.25, 0.3) is 22.3 Å². The lowest BCUT2D eigenvalue weighted by molar-refractivity contribution is 0.437. The molecule has 0 nitrogen and oxygen atoms in total.